The fourth-order valence-electron chi connectivity index (χ4n) is 2.57. The van der Waals surface area contributed by atoms with Gasteiger partial charge < -0.3 is 15.1 Å². The van der Waals surface area contributed by atoms with Crippen molar-refractivity contribution < 1.29 is 9.59 Å². The maximum atomic E-state index is 12.2. The van der Waals surface area contributed by atoms with E-state index in [0.29, 0.717) is 11.6 Å². The molecule has 1 N–H and O–H groups in total. The van der Waals surface area contributed by atoms with E-state index in [1.54, 1.807) is 24.1 Å². The molecule has 1 aromatic rings. The molecule has 0 bridgehead atoms. The van der Waals surface area contributed by atoms with Crippen LogP contribution < -0.4 is 5.32 Å². The third-order valence-corrected chi connectivity index (χ3v) is 4.37. The standard InChI is InChI=1S/C16H22ClN3O2/c1-19-9-7-14(8-10-19)20(2)16(22)15(21)18-11-12-3-5-13(17)6-4-12/h3-6,14H,7-11H2,1-2H3,(H,18,21). The van der Waals surface area contributed by atoms with Crippen molar-refractivity contribution in [2.75, 3.05) is 27.2 Å². The van der Waals surface area contributed by atoms with Gasteiger partial charge in [0.25, 0.3) is 0 Å². The van der Waals surface area contributed by atoms with Crippen LogP contribution >= 0.6 is 11.6 Å². The average molecular weight is 324 g/mol. The van der Waals surface area contributed by atoms with Crippen molar-refractivity contribution in [3.05, 3.63) is 34.9 Å². The molecule has 2 rings (SSSR count). The molecule has 1 saturated heterocycles. The third-order valence-electron chi connectivity index (χ3n) is 4.12. The quantitative estimate of drug-likeness (QED) is 0.858. The number of hydrogen-bond acceptors (Lipinski definition) is 3. The van der Waals surface area contributed by atoms with Gasteiger partial charge in [-0.15, -0.1) is 0 Å². The van der Waals surface area contributed by atoms with Gasteiger partial charge >= 0.3 is 11.8 Å². The molecule has 0 radical (unpaired) electrons. The van der Waals surface area contributed by atoms with E-state index in [1.165, 1.54) is 0 Å². The molecule has 1 heterocycles. The maximum absolute atomic E-state index is 12.2. The first-order chi connectivity index (χ1) is 10.5. The van der Waals surface area contributed by atoms with Crippen molar-refractivity contribution in [3.8, 4) is 0 Å². The second kappa shape index (κ2) is 7.61. The lowest BCUT2D eigenvalue weighted by Crippen LogP contribution is -2.49. The third kappa shape index (κ3) is 4.45. The predicted molar refractivity (Wildman–Crippen MR) is 86.6 cm³/mol. The van der Waals surface area contributed by atoms with E-state index in [2.05, 4.69) is 17.3 Å². The normalized spacial score (nSPS) is 16.3. The summed E-state index contributed by atoms with van der Waals surface area (Å²) in [7, 11) is 3.77. The topological polar surface area (TPSA) is 52.7 Å². The minimum Gasteiger partial charge on any atom is -0.344 e. The SMILES string of the molecule is CN1CCC(N(C)C(=O)C(=O)NCc2ccc(Cl)cc2)CC1. The lowest BCUT2D eigenvalue weighted by molar-refractivity contribution is -0.147. The van der Waals surface area contributed by atoms with Crippen molar-refractivity contribution in [3.63, 3.8) is 0 Å². The molecule has 22 heavy (non-hydrogen) atoms. The number of nitrogens with zero attached hydrogens (tertiary/aromatic N) is 2. The molecule has 0 aliphatic carbocycles. The minimum atomic E-state index is -0.559. The number of halogens is 1. The summed E-state index contributed by atoms with van der Waals surface area (Å²) < 4.78 is 0. The number of carbonyl (C=O) groups is 2. The van der Waals surface area contributed by atoms with E-state index >= 15 is 0 Å². The molecule has 1 aliphatic heterocycles. The van der Waals surface area contributed by atoms with Gasteiger partial charge in [-0.3, -0.25) is 9.59 Å². The number of nitrogens with one attached hydrogen (secondary N) is 1. The molecule has 120 valence electrons. The number of likely N-dealkylation sites (N-methyl/N-ethyl adjacent to an activating group) is 1. The Labute approximate surface area is 136 Å². The highest BCUT2D eigenvalue weighted by molar-refractivity contribution is 6.35. The van der Waals surface area contributed by atoms with Gasteiger partial charge in [-0.05, 0) is 50.7 Å². The van der Waals surface area contributed by atoms with Crippen molar-refractivity contribution in [2.45, 2.75) is 25.4 Å². The van der Waals surface area contributed by atoms with Crippen LogP contribution in [-0.4, -0.2) is 54.8 Å². The van der Waals surface area contributed by atoms with Crippen LogP contribution in [-0.2, 0) is 16.1 Å². The van der Waals surface area contributed by atoms with E-state index in [4.69, 9.17) is 11.6 Å². The first-order valence-corrected chi connectivity index (χ1v) is 7.83. The second-order valence-corrected chi connectivity index (χ2v) is 6.20. The molecule has 1 fully saturated rings. The Morgan fingerprint density at radius 1 is 1.27 bits per heavy atom. The van der Waals surface area contributed by atoms with E-state index in [-0.39, 0.29) is 6.04 Å². The zero-order chi connectivity index (χ0) is 16.1. The summed E-state index contributed by atoms with van der Waals surface area (Å²) in [6, 6.07) is 7.32. The Kier molecular flexibility index (Phi) is 5.80. The highest BCUT2D eigenvalue weighted by Gasteiger charge is 2.27. The first kappa shape index (κ1) is 16.8. The first-order valence-electron chi connectivity index (χ1n) is 7.45. The molecule has 0 atom stereocenters. The van der Waals surface area contributed by atoms with Crippen LogP contribution in [0.2, 0.25) is 5.02 Å². The summed E-state index contributed by atoms with van der Waals surface area (Å²) >= 11 is 5.81. The largest absolute Gasteiger partial charge is 0.344 e. The minimum absolute atomic E-state index is 0.144. The Hall–Kier alpha value is -1.59. The van der Waals surface area contributed by atoms with Gasteiger partial charge in [0.1, 0.15) is 0 Å². The number of likely N-dealkylation sites (tertiary alicyclic amines) is 1. The van der Waals surface area contributed by atoms with Gasteiger partial charge in [0, 0.05) is 24.7 Å². The number of piperidine rings is 1. The highest BCUT2D eigenvalue weighted by atomic mass is 35.5. The summed E-state index contributed by atoms with van der Waals surface area (Å²) in [5.74, 6) is -1.03. The Morgan fingerprint density at radius 3 is 2.45 bits per heavy atom. The molecule has 0 spiro atoms. The van der Waals surface area contributed by atoms with Crippen LogP contribution in [0.15, 0.2) is 24.3 Å². The van der Waals surface area contributed by atoms with Crippen molar-refractivity contribution in [2.24, 2.45) is 0 Å². The summed E-state index contributed by atoms with van der Waals surface area (Å²) in [5, 5.41) is 3.31. The monoisotopic (exact) mass is 323 g/mol. The number of carbonyl (C=O) groups excluding carboxylic acids is 2. The van der Waals surface area contributed by atoms with Crippen LogP contribution in [0.4, 0.5) is 0 Å². The zero-order valence-electron chi connectivity index (χ0n) is 13.0. The highest BCUT2D eigenvalue weighted by Crippen LogP contribution is 2.14. The molecule has 1 aromatic carbocycles. The summed E-state index contributed by atoms with van der Waals surface area (Å²) in [6.07, 6.45) is 1.81. The van der Waals surface area contributed by atoms with Crippen LogP contribution in [0.5, 0.6) is 0 Å². The van der Waals surface area contributed by atoms with Crippen molar-refractivity contribution in [1.29, 1.82) is 0 Å². The van der Waals surface area contributed by atoms with Crippen molar-refractivity contribution >= 4 is 23.4 Å². The Balaban J connectivity index is 1.83. The lowest BCUT2D eigenvalue weighted by atomic mass is 10.0. The van der Waals surface area contributed by atoms with E-state index in [9.17, 15) is 9.59 Å². The smallest absolute Gasteiger partial charge is 0.311 e. The Morgan fingerprint density at radius 2 is 1.86 bits per heavy atom. The van der Waals surface area contributed by atoms with Crippen LogP contribution in [0, 0.1) is 0 Å². The fourth-order valence-corrected chi connectivity index (χ4v) is 2.69. The molecular formula is C16H22ClN3O2. The molecule has 0 aromatic heterocycles. The molecule has 2 amide bonds. The number of hydrogen-bond donors (Lipinski definition) is 1. The predicted octanol–water partition coefficient (Wildman–Crippen LogP) is 1.51. The van der Waals surface area contributed by atoms with Gasteiger partial charge in [0.2, 0.25) is 0 Å². The molecule has 6 heteroatoms. The van der Waals surface area contributed by atoms with E-state index in [0.717, 1.165) is 31.5 Å². The molecule has 5 nitrogen and oxygen atoms in total. The van der Waals surface area contributed by atoms with Crippen LogP contribution in [0.1, 0.15) is 18.4 Å². The second-order valence-electron chi connectivity index (χ2n) is 5.76. The number of benzene rings is 1. The molecular weight excluding hydrogens is 302 g/mol. The number of rotatable bonds is 3. The fraction of sp³-hybridized carbons (Fsp3) is 0.500. The van der Waals surface area contributed by atoms with E-state index in [1.807, 2.05) is 12.1 Å². The van der Waals surface area contributed by atoms with Gasteiger partial charge in [0.05, 0.1) is 0 Å². The van der Waals surface area contributed by atoms with Gasteiger partial charge in [-0.1, -0.05) is 23.7 Å². The average Bonchev–Trinajstić information content (AvgIpc) is 2.53. The van der Waals surface area contributed by atoms with Crippen LogP contribution in [0.3, 0.4) is 0 Å². The van der Waals surface area contributed by atoms with E-state index < -0.39 is 11.8 Å². The van der Waals surface area contributed by atoms with Gasteiger partial charge in [-0.25, -0.2) is 0 Å². The molecule has 0 saturated carbocycles. The van der Waals surface area contributed by atoms with Crippen LogP contribution in [0.25, 0.3) is 0 Å². The zero-order valence-corrected chi connectivity index (χ0v) is 13.8. The Bertz CT molecular complexity index is 525. The lowest BCUT2D eigenvalue weighted by Gasteiger charge is -2.34. The van der Waals surface area contributed by atoms with Crippen molar-refractivity contribution in [1.82, 2.24) is 15.1 Å². The van der Waals surface area contributed by atoms with Gasteiger partial charge in [0.15, 0.2) is 0 Å². The summed E-state index contributed by atoms with van der Waals surface area (Å²) in [4.78, 5) is 28.0. The molecule has 0 unspecified atom stereocenters. The summed E-state index contributed by atoms with van der Waals surface area (Å²) in [5.41, 5.74) is 0.910. The molecule has 1 aliphatic rings. The summed E-state index contributed by atoms with van der Waals surface area (Å²) in [6.45, 7) is 2.23. The maximum Gasteiger partial charge on any atom is 0.311 e. The van der Waals surface area contributed by atoms with Gasteiger partial charge in [-0.2, -0.15) is 0 Å². The number of amides is 2.